The molecule has 0 bridgehead atoms. The fourth-order valence-corrected chi connectivity index (χ4v) is 5.66. The van der Waals surface area contributed by atoms with E-state index in [1.54, 1.807) is 16.8 Å². The summed E-state index contributed by atoms with van der Waals surface area (Å²) in [6, 6.07) is 3.20. The van der Waals surface area contributed by atoms with E-state index in [1.807, 2.05) is 0 Å². The molecule has 6 nitrogen and oxygen atoms in total. The summed E-state index contributed by atoms with van der Waals surface area (Å²) in [5, 5.41) is 6.37. The Labute approximate surface area is 149 Å². The number of carbonyl (C=O) groups is 1. The third-order valence-electron chi connectivity index (χ3n) is 3.99. The number of aromatic nitrogens is 1. The molecule has 1 aliphatic rings. The first kappa shape index (κ1) is 17.4. The number of hydrogen-bond acceptors (Lipinski definition) is 6. The summed E-state index contributed by atoms with van der Waals surface area (Å²) in [4.78, 5) is 16.2. The van der Waals surface area contributed by atoms with Gasteiger partial charge in [0.05, 0.1) is 0 Å². The number of rotatable bonds is 6. The van der Waals surface area contributed by atoms with Crippen LogP contribution in [-0.4, -0.2) is 25.9 Å². The van der Waals surface area contributed by atoms with Gasteiger partial charge in [-0.2, -0.15) is 0 Å². The molecular weight excluding hydrogens is 366 g/mol. The molecule has 2 heterocycles. The predicted molar refractivity (Wildman–Crippen MR) is 96.1 cm³/mol. The van der Waals surface area contributed by atoms with Crippen molar-refractivity contribution in [2.75, 3.05) is 11.3 Å². The second kappa shape index (κ2) is 7.62. The second-order valence-electron chi connectivity index (χ2n) is 5.79. The zero-order chi connectivity index (χ0) is 17.0. The van der Waals surface area contributed by atoms with Gasteiger partial charge in [-0.1, -0.05) is 25.3 Å². The van der Waals surface area contributed by atoms with Crippen LogP contribution in [0.1, 0.15) is 42.6 Å². The largest absolute Gasteiger partial charge is 0.350 e. The quantitative estimate of drug-likeness (QED) is 0.798. The Morgan fingerprint density at radius 3 is 2.75 bits per heavy atom. The van der Waals surface area contributed by atoms with E-state index in [9.17, 15) is 13.2 Å². The van der Waals surface area contributed by atoms with Crippen LogP contribution in [0.25, 0.3) is 0 Å². The Hall–Kier alpha value is -1.45. The molecule has 0 radical (unpaired) electrons. The molecule has 2 aromatic rings. The average Bonchev–Trinajstić information content (AvgIpc) is 3.25. The van der Waals surface area contributed by atoms with Crippen LogP contribution < -0.4 is 10.0 Å². The minimum Gasteiger partial charge on any atom is -0.350 e. The second-order valence-corrected chi connectivity index (χ2v) is 9.50. The SMILES string of the molecule is O=C(NCC1CCCCC1)c1csc(NS(=O)(=O)c2cccs2)n1. The molecule has 24 heavy (non-hydrogen) atoms. The molecule has 2 N–H and O–H groups in total. The fraction of sp³-hybridized carbons (Fsp3) is 0.467. The van der Waals surface area contributed by atoms with Crippen LogP contribution >= 0.6 is 22.7 Å². The third kappa shape index (κ3) is 4.34. The Morgan fingerprint density at radius 1 is 1.25 bits per heavy atom. The van der Waals surface area contributed by atoms with Gasteiger partial charge in [-0.3, -0.25) is 9.52 Å². The summed E-state index contributed by atoms with van der Waals surface area (Å²) in [6.07, 6.45) is 6.05. The lowest BCUT2D eigenvalue weighted by atomic mass is 9.89. The third-order valence-corrected chi connectivity index (χ3v) is 7.62. The number of nitrogens with one attached hydrogen (secondary N) is 2. The average molecular weight is 386 g/mol. The maximum Gasteiger partial charge on any atom is 0.273 e. The molecule has 2 aromatic heterocycles. The van der Waals surface area contributed by atoms with Gasteiger partial charge in [0.2, 0.25) is 0 Å². The van der Waals surface area contributed by atoms with Gasteiger partial charge in [0.15, 0.2) is 5.13 Å². The van der Waals surface area contributed by atoms with Gasteiger partial charge in [-0.25, -0.2) is 13.4 Å². The monoisotopic (exact) mass is 385 g/mol. The molecule has 1 amide bonds. The Kier molecular flexibility index (Phi) is 5.52. The maximum absolute atomic E-state index is 12.2. The van der Waals surface area contributed by atoms with Crippen molar-refractivity contribution in [2.24, 2.45) is 5.92 Å². The maximum atomic E-state index is 12.2. The van der Waals surface area contributed by atoms with E-state index >= 15 is 0 Å². The normalized spacial score (nSPS) is 16.0. The van der Waals surface area contributed by atoms with Gasteiger partial charge in [0, 0.05) is 11.9 Å². The topological polar surface area (TPSA) is 88.2 Å². The van der Waals surface area contributed by atoms with Crippen LogP contribution in [0, 0.1) is 5.92 Å². The lowest BCUT2D eigenvalue weighted by Gasteiger charge is -2.21. The van der Waals surface area contributed by atoms with Crippen LogP contribution in [0.5, 0.6) is 0 Å². The molecule has 1 saturated carbocycles. The first-order chi connectivity index (χ1) is 11.5. The molecule has 0 unspecified atom stereocenters. The summed E-state index contributed by atoms with van der Waals surface area (Å²) in [7, 11) is -3.63. The molecule has 0 aromatic carbocycles. The predicted octanol–water partition coefficient (Wildman–Crippen LogP) is 3.32. The molecule has 1 fully saturated rings. The molecule has 0 saturated heterocycles. The lowest BCUT2D eigenvalue weighted by Crippen LogP contribution is -2.30. The van der Waals surface area contributed by atoms with Crippen LogP contribution in [-0.2, 0) is 10.0 Å². The number of hydrogen-bond donors (Lipinski definition) is 2. The first-order valence-electron chi connectivity index (χ1n) is 7.84. The Balaban J connectivity index is 1.57. The van der Waals surface area contributed by atoms with Crippen molar-refractivity contribution in [1.82, 2.24) is 10.3 Å². The highest BCUT2D eigenvalue weighted by atomic mass is 32.2. The summed E-state index contributed by atoms with van der Waals surface area (Å²) in [5.74, 6) is 0.288. The molecule has 3 rings (SSSR count). The van der Waals surface area contributed by atoms with Gasteiger partial charge in [0.25, 0.3) is 15.9 Å². The molecule has 0 atom stereocenters. The van der Waals surface area contributed by atoms with Gasteiger partial charge in [0.1, 0.15) is 9.90 Å². The molecule has 0 spiro atoms. The minimum atomic E-state index is -3.63. The van der Waals surface area contributed by atoms with Crippen molar-refractivity contribution < 1.29 is 13.2 Å². The van der Waals surface area contributed by atoms with Gasteiger partial charge < -0.3 is 5.32 Å². The van der Waals surface area contributed by atoms with E-state index in [2.05, 4.69) is 15.0 Å². The Bertz CT molecular complexity index is 778. The molecule has 1 aliphatic carbocycles. The van der Waals surface area contributed by atoms with Gasteiger partial charge >= 0.3 is 0 Å². The van der Waals surface area contributed by atoms with Gasteiger partial charge in [-0.15, -0.1) is 22.7 Å². The van der Waals surface area contributed by atoms with Crippen molar-refractivity contribution in [3.8, 4) is 0 Å². The summed E-state index contributed by atoms with van der Waals surface area (Å²) in [5.41, 5.74) is 0.250. The molecular formula is C15H19N3O3S3. The zero-order valence-corrected chi connectivity index (χ0v) is 15.5. The molecule has 9 heteroatoms. The standard InChI is InChI=1S/C15H19N3O3S3/c19-14(16-9-11-5-2-1-3-6-11)12-10-23-15(17-12)18-24(20,21)13-7-4-8-22-13/h4,7-8,10-11H,1-3,5-6,9H2,(H,16,19)(H,17,18). The van der Waals surface area contributed by atoms with E-state index < -0.39 is 10.0 Å². The molecule has 0 aliphatic heterocycles. The Morgan fingerprint density at radius 2 is 2.04 bits per heavy atom. The number of amides is 1. The highest BCUT2D eigenvalue weighted by Crippen LogP contribution is 2.24. The number of anilines is 1. The number of carbonyl (C=O) groups excluding carboxylic acids is 1. The van der Waals surface area contributed by atoms with Crippen LogP contribution in [0.3, 0.4) is 0 Å². The van der Waals surface area contributed by atoms with Crippen molar-refractivity contribution >= 4 is 43.7 Å². The van der Waals surface area contributed by atoms with Crippen molar-refractivity contribution in [2.45, 2.75) is 36.3 Å². The minimum absolute atomic E-state index is 0.200. The molecule has 130 valence electrons. The summed E-state index contributed by atoms with van der Waals surface area (Å²) < 4.78 is 26.9. The van der Waals surface area contributed by atoms with Crippen LogP contribution in [0.15, 0.2) is 27.1 Å². The summed E-state index contributed by atoms with van der Waals surface area (Å²) in [6.45, 7) is 0.659. The van der Waals surface area contributed by atoms with E-state index in [0.717, 1.165) is 35.5 Å². The van der Waals surface area contributed by atoms with Crippen molar-refractivity contribution in [1.29, 1.82) is 0 Å². The van der Waals surface area contributed by atoms with Gasteiger partial charge in [-0.05, 0) is 30.2 Å². The zero-order valence-electron chi connectivity index (χ0n) is 13.0. The lowest BCUT2D eigenvalue weighted by molar-refractivity contribution is 0.0939. The van der Waals surface area contributed by atoms with Crippen molar-refractivity contribution in [3.63, 3.8) is 0 Å². The van der Waals surface area contributed by atoms with E-state index in [1.165, 1.54) is 25.3 Å². The van der Waals surface area contributed by atoms with E-state index in [0.29, 0.717) is 12.5 Å². The van der Waals surface area contributed by atoms with Crippen molar-refractivity contribution in [3.05, 3.63) is 28.6 Å². The smallest absolute Gasteiger partial charge is 0.273 e. The van der Waals surface area contributed by atoms with Crippen LogP contribution in [0.4, 0.5) is 5.13 Å². The number of thiazole rings is 1. The first-order valence-corrected chi connectivity index (χ1v) is 11.1. The van der Waals surface area contributed by atoms with E-state index in [-0.39, 0.29) is 20.9 Å². The number of nitrogens with zero attached hydrogens (tertiary/aromatic N) is 1. The van der Waals surface area contributed by atoms with Crippen LogP contribution in [0.2, 0.25) is 0 Å². The van der Waals surface area contributed by atoms with E-state index in [4.69, 9.17) is 0 Å². The summed E-state index contributed by atoms with van der Waals surface area (Å²) >= 11 is 2.24. The highest BCUT2D eigenvalue weighted by Gasteiger charge is 2.19. The highest BCUT2D eigenvalue weighted by molar-refractivity contribution is 7.94. The number of sulfonamides is 1. The fourth-order valence-electron chi connectivity index (χ4n) is 2.73. The number of thiophene rings is 1.